The lowest BCUT2D eigenvalue weighted by molar-refractivity contribution is -0.0231. The van der Waals surface area contributed by atoms with Crippen LogP contribution in [0.1, 0.15) is 18.4 Å². The predicted octanol–water partition coefficient (Wildman–Crippen LogP) is 2.64. The van der Waals surface area contributed by atoms with Crippen molar-refractivity contribution in [3.63, 3.8) is 0 Å². The van der Waals surface area contributed by atoms with Gasteiger partial charge in [-0.1, -0.05) is 0 Å². The van der Waals surface area contributed by atoms with Gasteiger partial charge in [-0.05, 0) is 43.2 Å². The lowest BCUT2D eigenvalue weighted by Gasteiger charge is -2.45. The van der Waals surface area contributed by atoms with Crippen LogP contribution in [0.5, 0.6) is 5.75 Å². The van der Waals surface area contributed by atoms with E-state index < -0.39 is 0 Å². The summed E-state index contributed by atoms with van der Waals surface area (Å²) in [6.45, 7) is 2.71. The van der Waals surface area contributed by atoms with Gasteiger partial charge in [0.2, 0.25) is 5.95 Å². The summed E-state index contributed by atoms with van der Waals surface area (Å²) in [7, 11) is 5.31. The Kier molecular flexibility index (Phi) is 6.49. The van der Waals surface area contributed by atoms with E-state index in [-0.39, 0.29) is 18.8 Å². The number of aromatic nitrogens is 3. The number of aliphatic hydroxyl groups excluding tert-OH is 1. The monoisotopic (exact) mass is 465 g/mol. The highest BCUT2D eigenvalue weighted by Gasteiger charge is 2.36. The van der Waals surface area contributed by atoms with Gasteiger partial charge in [0.05, 0.1) is 50.2 Å². The number of likely N-dealkylation sites (N-methyl/N-ethyl adjacent to an activating group) is 1. The van der Waals surface area contributed by atoms with E-state index in [1.165, 1.54) is 0 Å². The molecule has 0 spiro atoms. The lowest BCUT2D eigenvalue weighted by Crippen LogP contribution is -2.55. The van der Waals surface area contributed by atoms with E-state index in [2.05, 4.69) is 9.80 Å². The van der Waals surface area contributed by atoms with Crippen LogP contribution < -0.4 is 14.5 Å². The molecule has 34 heavy (non-hydrogen) atoms. The Bertz CT molecular complexity index is 1170. The van der Waals surface area contributed by atoms with E-state index in [9.17, 15) is 5.11 Å². The molecule has 3 aromatic rings. The van der Waals surface area contributed by atoms with Gasteiger partial charge in [0, 0.05) is 38.4 Å². The summed E-state index contributed by atoms with van der Waals surface area (Å²) >= 11 is 0. The van der Waals surface area contributed by atoms with Crippen LogP contribution in [0.4, 0.5) is 11.8 Å². The first-order valence-corrected chi connectivity index (χ1v) is 11.7. The zero-order chi connectivity index (χ0) is 23.7. The second kappa shape index (κ2) is 9.69. The number of benzene rings is 1. The van der Waals surface area contributed by atoms with Crippen LogP contribution in [0.15, 0.2) is 30.3 Å². The molecule has 3 aliphatic rings. The minimum Gasteiger partial charge on any atom is -0.496 e. The van der Waals surface area contributed by atoms with Crippen molar-refractivity contribution in [2.75, 3.05) is 57.4 Å². The van der Waals surface area contributed by atoms with Gasteiger partial charge in [-0.3, -0.25) is 0 Å². The number of hydrogen-bond donors (Lipinski definition) is 1. The second-order valence-corrected chi connectivity index (χ2v) is 8.85. The Morgan fingerprint density at radius 3 is 2.71 bits per heavy atom. The zero-order valence-corrected chi connectivity index (χ0v) is 19.9. The number of methoxy groups -OCH3 is 2. The fourth-order valence-electron chi connectivity index (χ4n) is 4.75. The average Bonchev–Trinajstić information content (AvgIpc) is 2.90. The molecular weight excluding hydrogens is 434 g/mol. The standard InChI is InChI=1S/C25H31N5O4/c1-29(10-11-32-2)24-20-7-8-21(16-4-9-22(33-3)17(12-16)14-31)26-23(20)27-25(28-24)30-13-19-6-5-18(30)15-34-19/h4,7-9,12,18-19,31H,5-6,10-11,13-15H2,1-3H3. The molecule has 1 aromatic carbocycles. The minimum atomic E-state index is -0.106. The third-order valence-corrected chi connectivity index (χ3v) is 6.71. The minimum absolute atomic E-state index is 0.106. The van der Waals surface area contributed by atoms with Gasteiger partial charge in [-0.15, -0.1) is 0 Å². The SMILES string of the molecule is COCCN(C)c1nc(N2CC3CCC2CO3)nc2nc(-c3ccc(OC)c(CO)c3)ccc12. The van der Waals surface area contributed by atoms with Gasteiger partial charge >= 0.3 is 0 Å². The maximum absolute atomic E-state index is 9.74. The normalized spacial score (nSPS) is 19.6. The average molecular weight is 466 g/mol. The van der Waals surface area contributed by atoms with Gasteiger partial charge in [0.15, 0.2) is 5.65 Å². The summed E-state index contributed by atoms with van der Waals surface area (Å²) in [5.74, 6) is 2.19. The van der Waals surface area contributed by atoms with E-state index in [1.54, 1.807) is 14.2 Å². The molecule has 180 valence electrons. The Morgan fingerprint density at radius 1 is 1.15 bits per heavy atom. The number of pyridine rings is 1. The summed E-state index contributed by atoms with van der Waals surface area (Å²) < 4.78 is 16.5. The van der Waals surface area contributed by atoms with Gasteiger partial charge in [-0.25, -0.2) is 4.98 Å². The van der Waals surface area contributed by atoms with Crippen molar-refractivity contribution in [3.05, 3.63) is 35.9 Å². The molecule has 9 nitrogen and oxygen atoms in total. The van der Waals surface area contributed by atoms with Crippen LogP contribution in [0.2, 0.25) is 0 Å². The molecule has 0 aliphatic carbocycles. The van der Waals surface area contributed by atoms with E-state index in [1.807, 2.05) is 37.4 Å². The molecule has 1 N–H and O–H groups in total. The van der Waals surface area contributed by atoms with Crippen molar-refractivity contribution >= 4 is 22.8 Å². The number of ether oxygens (including phenoxy) is 3. The van der Waals surface area contributed by atoms with Crippen molar-refractivity contribution in [2.24, 2.45) is 0 Å². The van der Waals surface area contributed by atoms with Crippen LogP contribution in [0.3, 0.4) is 0 Å². The first-order valence-electron chi connectivity index (χ1n) is 11.7. The predicted molar refractivity (Wildman–Crippen MR) is 130 cm³/mol. The number of hydrogen-bond acceptors (Lipinski definition) is 9. The Morgan fingerprint density at radius 2 is 2.03 bits per heavy atom. The van der Waals surface area contributed by atoms with Crippen molar-refractivity contribution in [2.45, 2.75) is 31.6 Å². The maximum Gasteiger partial charge on any atom is 0.229 e. The first-order chi connectivity index (χ1) is 16.6. The fraction of sp³-hybridized carbons (Fsp3) is 0.480. The largest absolute Gasteiger partial charge is 0.496 e. The number of fused-ring (bicyclic) bond motifs is 4. The van der Waals surface area contributed by atoms with Crippen LogP contribution in [-0.4, -0.2) is 79.8 Å². The molecule has 0 amide bonds. The van der Waals surface area contributed by atoms with Gasteiger partial charge < -0.3 is 29.1 Å². The van der Waals surface area contributed by atoms with Gasteiger partial charge in [0.25, 0.3) is 0 Å². The number of rotatable bonds is 8. The molecule has 9 heteroatoms. The highest BCUT2D eigenvalue weighted by Crippen LogP contribution is 2.33. The highest BCUT2D eigenvalue weighted by molar-refractivity contribution is 5.89. The Balaban J connectivity index is 1.59. The van der Waals surface area contributed by atoms with Crippen LogP contribution in [0, 0.1) is 0 Å². The van der Waals surface area contributed by atoms with Crippen molar-refractivity contribution < 1.29 is 19.3 Å². The summed E-state index contributed by atoms with van der Waals surface area (Å²) in [5.41, 5.74) is 3.04. The zero-order valence-electron chi connectivity index (χ0n) is 19.9. The molecule has 3 saturated heterocycles. The van der Waals surface area contributed by atoms with E-state index in [4.69, 9.17) is 29.2 Å². The molecule has 2 bridgehead atoms. The second-order valence-electron chi connectivity index (χ2n) is 8.85. The van der Waals surface area contributed by atoms with Crippen molar-refractivity contribution in [1.29, 1.82) is 0 Å². The molecule has 3 fully saturated rings. The molecule has 0 saturated carbocycles. The molecule has 3 aliphatic heterocycles. The smallest absolute Gasteiger partial charge is 0.229 e. The molecule has 0 radical (unpaired) electrons. The lowest BCUT2D eigenvalue weighted by atomic mass is 9.97. The molecule has 2 aromatic heterocycles. The highest BCUT2D eigenvalue weighted by atomic mass is 16.5. The van der Waals surface area contributed by atoms with Crippen molar-refractivity contribution in [3.8, 4) is 17.0 Å². The van der Waals surface area contributed by atoms with Crippen molar-refractivity contribution in [1.82, 2.24) is 15.0 Å². The van der Waals surface area contributed by atoms with Crippen LogP contribution in [-0.2, 0) is 16.1 Å². The molecule has 6 rings (SSSR count). The first kappa shape index (κ1) is 22.8. The van der Waals surface area contributed by atoms with E-state index >= 15 is 0 Å². The number of aliphatic hydroxyl groups is 1. The Labute approximate surface area is 199 Å². The summed E-state index contributed by atoms with van der Waals surface area (Å²) in [6, 6.07) is 9.98. The van der Waals surface area contributed by atoms with Gasteiger partial charge in [0.1, 0.15) is 11.6 Å². The quantitative estimate of drug-likeness (QED) is 0.539. The third-order valence-electron chi connectivity index (χ3n) is 6.71. The number of morpholine rings is 1. The van der Waals surface area contributed by atoms with Crippen LogP contribution in [0.25, 0.3) is 22.3 Å². The third kappa shape index (κ3) is 4.26. The molecule has 2 unspecified atom stereocenters. The molecule has 5 heterocycles. The van der Waals surface area contributed by atoms with Gasteiger partial charge in [-0.2, -0.15) is 9.97 Å². The molecular formula is C25H31N5O4. The summed E-state index contributed by atoms with van der Waals surface area (Å²) in [5, 5.41) is 10.6. The van der Waals surface area contributed by atoms with E-state index in [0.717, 1.165) is 47.4 Å². The fourth-order valence-corrected chi connectivity index (χ4v) is 4.75. The Hall–Kier alpha value is -3.01. The molecule has 2 atom stereocenters. The summed E-state index contributed by atoms with van der Waals surface area (Å²) in [4.78, 5) is 19.2. The number of anilines is 2. The van der Waals surface area contributed by atoms with E-state index in [0.29, 0.717) is 37.1 Å². The number of nitrogens with zero attached hydrogens (tertiary/aromatic N) is 5. The maximum atomic E-state index is 9.74. The topological polar surface area (TPSA) is 93.1 Å². The summed E-state index contributed by atoms with van der Waals surface area (Å²) in [6.07, 6.45) is 2.40. The number of piperidine rings is 1. The van der Waals surface area contributed by atoms with Crippen LogP contribution >= 0.6 is 0 Å².